The molecule has 1 rings (SSSR count). The standard InChI is InChI=1S/C5H9N3O6S/c1-5(7)2(9)8(15(11,12)13)3(5)14-4(6)10/h3H,7H2,1H3,(H2,6,10)(H,11,12,13)/t3-,5+/m0/s1. The van der Waals surface area contributed by atoms with Crippen LogP contribution in [0.1, 0.15) is 6.92 Å². The second-order valence-electron chi connectivity index (χ2n) is 3.15. The van der Waals surface area contributed by atoms with E-state index in [2.05, 4.69) is 10.5 Å². The predicted molar refractivity (Wildman–Crippen MR) is 45.4 cm³/mol. The van der Waals surface area contributed by atoms with E-state index < -0.39 is 34.1 Å². The summed E-state index contributed by atoms with van der Waals surface area (Å²) in [5.41, 5.74) is 8.27. The lowest BCUT2D eigenvalue weighted by atomic mass is 9.92. The smallest absolute Gasteiger partial charge is 0.406 e. The van der Waals surface area contributed by atoms with Crippen molar-refractivity contribution < 1.29 is 27.3 Å². The lowest BCUT2D eigenvalue weighted by Gasteiger charge is -2.47. The number of carbonyl (C=O) groups is 2. The van der Waals surface area contributed by atoms with Crippen molar-refractivity contribution >= 4 is 22.3 Å². The zero-order chi connectivity index (χ0) is 12.0. The van der Waals surface area contributed by atoms with Gasteiger partial charge in [0.25, 0.3) is 5.91 Å². The summed E-state index contributed by atoms with van der Waals surface area (Å²) in [6.45, 7) is 1.14. The maximum absolute atomic E-state index is 11.2. The minimum atomic E-state index is -4.81. The van der Waals surface area contributed by atoms with Gasteiger partial charge in [-0.2, -0.15) is 12.7 Å². The Bertz CT molecular complexity index is 414. The number of amides is 2. The summed E-state index contributed by atoms with van der Waals surface area (Å²) in [7, 11) is -4.81. The Morgan fingerprint density at radius 2 is 2.13 bits per heavy atom. The fraction of sp³-hybridized carbons (Fsp3) is 0.600. The van der Waals surface area contributed by atoms with E-state index in [1.165, 1.54) is 0 Å². The normalized spacial score (nSPS) is 31.0. The molecule has 1 saturated heterocycles. The molecule has 1 aliphatic rings. The van der Waals surface area contributed by atoms with E-state index in [0.717, 1.165) is 6.92 Å². The first kappa shape index (κ1) is 11.7. The molecule has 1 aliphatic heterocycles. The number of hydrogen-bond donors (Lipinski definition) is 3. The molecule has 10 heteroatoms. The molecule has 0 bridgehead atoms. The number of nitrogens with zero attached hydrogens (tertiary/aromatic N) is 1. The van der Waals surface area contributed by atoms with Gasteiger partial charge in [-0.15, -0.1) is 0 Å². The quantitative estimate of drug-likeness (QED) is 0.364. The van der Waals surface area contributed by atoms with Crippen molar-refractivity contribution in [3.63, 3.8) is 0 Å². The fourth-order valence-corrected chi connectivity index (χ4v) is 2.04. The molecule has 0 spiro atoms. The third-order valence-corrected chi connectivity index (χ3v) is 2.72. The van der Waals surface area contributed by atoms with Crippen molar-refractivity contribution in [3.8, 4) is 0 Å². The topological polar surface area (TPSA) is 153 Å². The molecule has 1 heterocycles. The minimum absolute atomic E-state index is 0.0578. The van der Waals surface area contributed by atoms with Gasteiger partial charge >= 0.3 is 16.4 Å². The number of nitrogens with two attached hydrogens (primary N) is 2. The summed E-state index contributed by atoms with van der Waals surface area (Å²) in [4.78, 5) is 21.6. The van der Waals surface area contributed by atoms with Gasteiger partial charge in [-0.3, -0.25) is 9.35 Å². The van der Waals surface area contributed by atoms with Crippen molar-refractivity contribution in [2.75, 3.05) is 0 Å². The van der Waals surface area contributed by atoms with Crippen LogP contribution < -0.4 is 11.5 Å². The van der Waals surface area contributed by atoms with Crippen LogP contribution in [-0.4, -0.2) is 41.0 Å². The van der Waals surface area contributed by atoms with Gasteiger partial charge in [0, 0.05) is 0 Å². The van der Waals surface area contributed by atoms with Crippen LogP contribution in [0.4, 0.5) is 4.79 Å². The van der Waals surface area contributed by atoms with Crippen LogP contribution in [0.25, 0.3) is 0 Å². The van der Waals surface area contributed by atoms with Crippen molar-refractivity contribution in [1.82, 2.24) is 4.31 Å². The van der Waals surface area contributed by atoms with Crippen LogP contribution in [-0.2, 0) is 19.8 Å². The van der Waals surface area contributed by atoms with Gasteiger partial charge in [-0.1, -0.05) is 0 Å². The Morgan fingerprint density at radius 1 is 1.67 bits per heavy atom. The van der Waals surface area contributed by atoms with E-state index in [1.54, 1.807) is 0 Å². The summed E-state index contributed by atoms with van der Waals surface area (Å²) in [6.07, 6.45) is -2.93. The van der Waals surface area contributed by atoms with Gasteiger partial charge in [0.05, 0.1) is 0 Å². The van der Waals surface area contributed by atoms with Gasteiger partial charge in [-0.05, 0) is 6.92 Å². The number of carbonyl (C=O) groups excluding carboxylic acids is 2. The van der Waals surface area contributed by atoms with Crippen molar-refractivity contribution in [3.05, 3.63) is 0 Å². The number of ether oxygens (including phenoxy) is 1. The molecule has 2 amide bonds. The first-order valence-electron chi connectivity index (χ1n) is 3.64. The van der Waals surface area contributed by atoms with Crippen LogP contribution in [0.5, 0.6) is 0 Å². The molecular weight excluding hydrogens is 230 g/mol. The largest absolute Gasteiger partial charge is 0.422 e. The predicted octanol–water partition coefficient (Wildman–Crippen LogP) is -2.23. The summed E-state index contributed by atoms with van der Waals surface area (Å²) in [5.74, 6) is -1.09. The highest BCUT2D eigenvalue weighted by Gasteiger charge is 2.62. The maximum Gasteiger partial charge on any atom is 0.406 e. The van der Waals surface area contributed by atoms with Crippen LogP contribution in [0.2, 0.25) is 0 Å². The second kappa shape index (κ2) is 3.05. The maximum atomic E-state index is 11.2. The summed E-state index contributed by atoms with van der Waals surface area (Å²) in [6, 6.07) is 0. The van der Waals surface area contributed by atoms with Gasteiger partial charge in [-0.25, -0.2) is 4.79 Å². The van der Waals surface area contributed by atoms with Crippen molar-refractivity contribution in [1.29, 1.82) is 0 Å². The molecule has 1 fully saturated rings. The molecule has 0 radical (unpaired) electrons. The molecule has 0 aliphatic carbocycles. The summed E-state index contributed by atoms with van der Waals surface area (Å²) >= 11 is 0. The molecule has 0 aromatic heterocycles. The Labute approximate surface area is 84.8 Å². The van der Waals surface area contributed by atoms with E-state index >= 15 is 0 Å². The average molecular weight is 239 g/mol. The van der Waals surface area contributed by atoms with E-state index in [1.807, 2.05) is 0 Å². The van der Waals surface area contributed by atoms with Crippen LogP contribution in [0.15, 0.2) is 0 Å². The number of β-lactam (4-membered cyclic amide) rings is 1. The first-order chi connectivity index (χ1) is 6.58. The molecule has 15 heavy (non-hydrogen) atoms. The highest BCUT2D eigenvalue weighted by molar-refractivity contribution is 7.84. The molecule has 0 saturated carbocycles. The molecule has 86 valence electrons. The van der Waals surface area contributed by atoms with E-state index in [9.17, 15) is 18.0 Å². The molecular formula is C5H9N3O6S. The molecule has 0 aromatic carbocycles. The zero-order valence-corrected chi connectivity index (χ0v) is 8.39. The Hall–Kier alpha value is -1.39. The molecule has 5 N–H and O–H groups in total. The monoisotopic (exact) mass is 239 g/mol. The minimum Gasteiger partial charge on any atom is -0.422 e. The SMILES string of the molecule is C[C@@]1(N)C(=O)N(S(=O)(=O)O)[C@H]1OC(N)=O. The Morgan fingerprint density at radius 3 is 2.47 bits per heavy atom. The van der Waals surface area contributed by atoms with E-state index in [0.29, 0.717) is 0 Å². The van der Waals surface area contributed by atoms with Crippen LogP contribution >= 0.6 is 0 Å². The lowest BCUT2D eigenvalue weighted by Crippen LogP contribution is -2.79. The van der Waals surface area contributed by atoms with E-state index in [4.69, 9.17) is 10.3 Å². The Kier molecular flexibility index (Phi) is 2.38. The second-order valence-corrected chi connectivity index (χ2v) is 4.44. The van der Waals surface area contributed by atoms with Gasteiger partial charge in [0.1, 0.15) is 0 Å². The fourth-order valence-electron chi connectivity index (χ4n) is 1.13. The van der Waals surface area contributed by atoms with Crippen molar-refractivity contribution in [2.24, 2.45) is 11.5 Å². The number of hydrogen-bond acceptors (Lipinski definition) is 6. The third-order valence-electron chi connectivity index (χ3n) is 1.86. The average Bonchev–Trinajstić information content (AvgIpc) is 2.00. The number of rotatable bonds is 2. The van der Waals surface area contributed by atoms with E-state index in [-0.39, 0.29) is 4.31 Å². The zero-order valence-electron chi connectivity index (χ0n) is 7.58. The number of primary amides is 1. The van der Waals surface area contributed by atoms with Crippen molar-refractivity contribution in [2.45, 2.75) is 18.7 Å². The highest BCUT2D eigenvalue weighted by atomic mass is 32.2. The molecule has 0 aromatic rings. The third kappa shape index (κ3) is 1.73. The Balaban J connectivity index is 3.01. The van der Waals surface area contributed by atoms with Gasteiger partial charge in [0.15, 0.2) is 5.54 Å². The first-order valence-corrected chi connectivity index (χ1v) is 5.04. The van der Waals surface area contributed by atoms with Gasteiger partial charge < -0.3 is 16.2 Å². The molecule has 0 unspecified atom stereocenters. The van der Waals surface area contributed by atoms with Crippen LogP contribution in [0.3, 0.4) is 0 Å². The van der Waals surface area contributed by atoms with Gasteiger partial charge in [0.2, 0.25) is 6.23 Å². The highest BCUT2D eigenvalue weighted by Crippen LogP contribution is 2.31. The molecule has 9 nitrogen and oxygen atoms in total. The van der Waals surface area contributed by atoms with Crippen LogP contribution in [0, 0.1) is 0 Å². The summed E-state index contributed by atoms with van der Waals surface area (Å²) < 4.78 is 34.2. The summed E-state index contributed by atoms with van der Waals surface area (Å²) in [5, 5.41) is 0. The lowest BCUT2D eigenvalue weighted by molar-refractivity contribution is -0.168. The molecule has 2 atom stereocenters.